The van der Waals surface area contributed by atoms with Crippen LogP contribution in [0.5, 0.6) is 0 Å². The van der Waals surface area contributed by atoms with Crippen LogP contribution in [0.2, 0.25) is 0 Å². The summed E-state index contributed by atoms with van der Waals surface area (Å²) in [5.41, 5.74) is 0. The summed E-state index contributed by atoms with van der Waals surface area (Å²) in [5.74, 6) is 0.0799. The molecule has 16 heavy (non-hydrogen) atoms. The number of aromatic nitrogens is 2. The van der Waals surface area contributed by atoms with E-state index in [9.17, 15) is 4.79 Å². The van der Waals surface area contributed by atoms with Crippen LogP contribution in [0.4, 0.5) is 0 Å². The van der Waals surface area contributed by atoms with Crippen molar-refractivity contribution >= 4 is 53.7 Å². The predicted octanol–water partition coefficient (Wildman–Crippen LogP) is 3.04. The van der Waals surface area contributed by atoms with Gasteiger partial charge in [-0.25, -0.2) is 4.98 Å². The molecule has 0 radical (unpaired) electrons. The van der Waals surface area contributed by atoms with Crippen molar-refractivity contribution in [3.63, 3.8) is 0 Å². The van der Waals surface area contributed by atoms with Gasteiger partial charge in [0.05, 0.1) is 0 Å². The van der Waals surface area contributed by atoms with Crippen LogP contribution >= 0.6 is 47.8 Å². The largest absolute Gasteiger partial charge is 0.342 e. The molecular weight excluding hydrogens is 406 g/mol. The molecule has 1 aromatic heterocycles. The van der Waals surface area contributed by atoms with Crippen LogP contribution in [0.25, 0.3) is 0 Å². The highest BCUT2D eigenvalue weighted by molar-refractivity contribution is 9.13. The molecule has 0 bridgehead atoms. The lowest BCUT2D eigenvalue weighted by Crippen LogP contribution is -2.33. The van der Waals surface area contributed by atoms with Crippen molar-refractivity contribution in [3.8, 4) is 0 Å². The minimum absolute atomic E-state index is 0.0799. The molecule has 0 saturated carbocycles. The number of nitrogens with zero attached hydrogens (tertiary/aromatic N) is 3. The van der Waals surface area contributed by atoms with Crippen LogP contribution < -0.4 is 0 Å². The quantitative estimate of drug-likeness (QED) is 0.755. The first-order valence-corrected chi connectivity index (χ1v) is 7.23. The van der Waals surface area contributed by atoms with Crippen molar-refractivity contribution in [1.29, 1.82) is 0 Å². The maximum Gasteiger partial charge on any atom is 0.242 e. The number of carbonyl (C=O) groups excluding carboxylic acids is 1. The molecular formula is C9H12Br3N3O. The van der Waals surface area contributed by atoms with Crippen molar-refractivity contribution in [3.05, 3.63) is 13.9 Å². The number of amides is 1. The van der Waals surface area contributed by atoms with Gasteiger partial charge < -0.3 is 9.47 Å². The van der Waals surface area contributed by atoms with Gasteiger partial charge >= 0.3 is 0 Å². The van der Waals surface area contributed by atoms with Crippen molar-refractivity contribution in [2.75, 3.05) is 13.1 Å². The van der Waals surface area contributed by atoms with E-state index in [4.69, 9.17) is 0 Å². The SMILES string of the molecule is CCN(CC)C(=O)Cn1c(Br)nc(Br)c1Br. The summed E-state index contributed by atoms with van der Waals surface area (Å²) < 4.78 is 3.85. The molecule has 0 saturated heterocycles. The topological polar surface area (TPSA) is 38.1 Å². The third-order valence-electron chi connectivity index (χ3n) is 2.23. The van der Waals surface area contributed by atoms with Gasteiger partial charge in [0.15, 0.2) is 4.73 Å². The van der Waals surface area contributed by atoms with E-state index in [2.05, 4.69) is 52.8 Å². The number of carbonyl (C=O) groups is 1. The van der Waals surface area contributed by atoms with Crippen LogP contribution in [-0.2, 0) is 11.3 Å². The normalized spacial score (nSPS) is 10.6. The van der Waals surface area contributed by atoms with Gasteiger partial charge in [0.1, 0.15) is 15.8 Å². The van der Waals surface area contributed by atoms with Gasteiger partial charge in [-0.05, 0) is 61.6 Å². The second kappa shape index (κ2) is 6.16. The van der Waals surface area contributed by atoms with Gasteiger partial charge in [0.25, 0.3) is 0 Å². The third-order valence-corrected chi connectivity index (χ3v) is 4.72. The van der Waals surface area contributed by atoms with Gasteiger partial charge in [-0.2, -0.15) is 0 Å². The minimum Gasteiger partial charge on any atom is -0.342 e. The van der Waals surface area contributed by atoms with E-state index in [1.165, 1.54) is 0 Å². The lowest BCUT2D eigenvalue weighted by atomic mass is 10.4. The van der Waals surface area contributed by atoms with E-state index >= 15 is 0 Å². The Morgan fingerprint density at radius 1 is 1.31 bits per heavy atom. The van der Waals surface area contributed by atoms with E-state index in [0.29, 0.717) is 9.34 Å². The number of rotatable bonds is 4. The highest BCUT2D eigenvalue weighted by Gasteiger charge is 2.16. The Labute approximate surface area is 120 Å². The van der Waals surface area contributed by atoms with Gasteiger partial charge in [0.2, 0.25) is 5.91 Å². The molecule has 1 rings (SSSR count). The second-order valence-electron chi connectivity index (χ2n) is 3.11. The Bertz CT molecular complexity index is 388. The summed E-state index contributed by atoms with van der Waals surface area (Å²) in [7, 11) is 0. The van der Waals surface area contributed by atoms with E-state index in [0.717, 1.165) is 17.7 Å². The molecule has 7 heteroatoms. The van der Waals surface area contributed by atoms with Crippen molar-refractivity contribution < 1.29 is 4.79 Å². The standard InChI is InChI=1S/C9H12Br3N3O/c1-3-14(4-2)6(16)5-15-8(11)7(10)13-9(15)12/h3-5H2,1-2H3. The summed E-state index contributed by atoms with van der Waals surface area (Å²) in [5, 5.41) is 0. The van der Waals surface area contributed by atoms with Crippen molar-refractivity contribution in [2.45, 2.75) is 20.4 Å². The zero-order valence-corrected chi connectivity index (χ0v) is 13.8. The van der Waals surface area contributed by atoms with Gasteiger partial charge in [0, 0.05) is 13.1 Å². The van der Waals surface area contributed by atoms with Gasteiger partial charge in [-0.3, -0.25) is 4.79 Å². The molecule has 0 aliphatic carbocycles. The number of hydrogen-bond acceptors (Lipinski definition) is 2. The van der Waals surface area contributed by atoms with Gasteiger partial charge in [-0.15, -0.1) is 0 Å². The first-order valence-electron chi connectivity index (χ1n) is 4.86. The molecule has 1 amide bonds. The molecule has 90 valence electrons. The molecule has 4 nitrogen and oxygen atoms in total. The average Bonchev–Trinajstić information content (AvgIpc) is 2.47. The molecule has 0 unspecified atom stereocenters. The van der Waals surface area contributed by atoms with Crippen LogP contribution in [0, 0.1) is 0 Å². The van der Waals surface area contributed by atoms with E-state index in [1.54, 1.807) is 9.47 Å². The highest BCUT2D eigenvalue weighted by Crippen LogP contribution is 2.26. The third kappa shape index (κ3) is 3.07. The Morgan fingerprint density at radius 3 is 2.25 bits per heavy atom. The first-order chi connectivity index (χ1) is 7.51. The molecule has 0 aromatic carbocycles. The predicted molar refractivity (Wildman–Crippen MR) is 73.3 cm³/mol. The second-order valence-corrected chi connectivity index (χ2v) is 5.33. The summed E-state index contributed by atoms with van der Waals surface area (Å²) in [6, 6.07) is 0. The molecule has 0 aliphatic rings. The Balaban J connectivity index is 2.84. The summed E-state index contributed by atoms with van der Waals surface area (Å²) in [4.78, 5) is 17.8. The maximum absolute atomic E-state index is 11.9. The fraction of sp³-hybridized carbons (Fsp3) is 0.556. The number of hydrogen-bond donors (Lipinski definition) is 0. The smallest absolute Gasteiger partial charge is 0.242 e. The molecule has 0 aliphatic heterocycles. The Hall–Kier alpha value is 0.120. The lowest BCUT2D eigenvalue weighted by Gasteiger charge is -2.19. The van der Waals surface area contributed by atoms with Crippen LogP contribution in [0.15, 0.2) is 13.9 Å². The molecule has 0 N–H and O–H groups in total. The van der Waals surface area contributed by atoms with E-state index < -0.39 is 0 Å². The van der Waals surface area contributed by atoms with Crippen LogP contribution in [0.3, 0.4) is 0 Å². The van der Waals surface area contributed by atoms with Crippen LogP contribution in [0.1, 0.15) is 13.8 Å². The summed E-state index contributed by atoms with van der Waals surface area (Å²) >= 11 is 9.98. The van der Waals surface area contributed by atoms with Crippen LogP contribution in [-0.4, -0.2) is 33.4 Å². The molecule has 0 fully saturated rings. The van der Waals surface area contributed by atoms with Gasteiger partial charge in [-0.1, -0.05) is 0 Å². The zero-order chi connectivity index (χ0) is 12.3. The fourth-order valence-corrected chi connectivity index (χ4v) is 3.05. The van der Waals surface area contributed by atoms with Crippen molar-refractivity contribution in [1.82, 2.24) is 14.5 Å². The molecule has 1 heterocycles. The average molecular weight is 418 g/mol. The highest BCUT2D eigenvalue weighted by atomic mass is 79.9. The Kier molecular flexibility index (Phi) is 5.46. The molecule has 0 atom stereocenters. The summed E-state index contributed by atoms with van der Waals surface area (Å²) in [6.45, 7) is 5.66. The monoisotopic (exact) mass is 415 g/mol. The lowest BCUT2D eigenvalue weighted by molar-refractivity contribution is -0.131. The first kappa shape index (κ1) is 14.2. The number of imidazole rings is 1. The fourth-order valence-electron chi connectivity index (χ4n) is 1.33. The number of likely N-dealkylation sites (N-methyl/N-ethyl adjacent to an activating group) is 1. The minimum atomic E-state index is 0.0799. The molecule has 1 aromatic rings. The molecule has 0 spiro atoms. The summed E-state index contributed by atoms with van der Waals surface area (Å²) in [6.07, 6.45) is 0. The maximum atomic E-state index is 11.9. The van der Waals surface area contributed by atoms with E-state index in [1.807, 2.05) is 13.8 Å². The van der Waals surface area contributed by atoms with E-state index in [-0.39, 0.29) is 12.5 Å². The number of halogens is 3. The van der Waals surface area contributed by atoms with Crippen molar-refractivity contribution in [2.24, 2.45) is 0 Å². The zero-order valence-electron chi connectivity index (χ0n) is 9.01. The Morgan fingerprint density at radius 2 is 1.88 bits per heavy atom.